The molecule has 0 bridgehead atoms. The van der Waals surface area contributed by atoms with Crippen LogP contribution in [0, 0.1) is 0 Å². The molecule has 1 amide bonds. The van der Waals surface area contributed by atoms with E-state index >= 15 is 0 Å². The highest BCUT2D eigenvalue weighted by molar-refractivity contribution is 7.09. The van der Waals surface area contributed by atoms with Gasteiger partial charge in [-0.05, 0) is 20.8 Å². The highest BCUT2D eigenvalue weighted by atomic mass is 32.1. The van der Waals surface area contributed by atoms with E-state index in [1.54, 1.807) is 11.3 Å². The Hall–Kier alpha value is -1.14. The van der Waals surface area contributed by atoms with Gasteiger partial charge < -0.3 is 15.8 Å². The van der Waals surface area contributed by atoms with Crippen LogP contribution >= 0.6 is 11.3 Å². The van der Waals surface area contributed by atoms with Crippen LogP contribution in [0.1, 0.15) is 51.2 Å². The van der Waals surface area contributed by atoms with Crippen LogP contribution in [0.4, 0.5) is 4.79 Å². The third kappa shape index (κ3) is 5.88. The standard InChI is InChI=1S/C14H25N3O2S/c1-9(2)12-16-11(8-20-12)6-10(7-15)17-13(18)19-14(3,4)5/h8-10H,6-7,15H2,1-5H3,(H,17,18). The number of nitrogens with one attached hydrogen (secondary N) is 1. The lowest BCUT2D eigenvalue weighted by Gasteiger charge is -2.22. The lowest BCUT2D eigenvalue weighted by molar-refractivity contribution is 0.0506. The molecule has 20 heavy (non-hydrogen) atoms. The molecule has 5 nitrogen and oxygen atoms in total. The van der Waals surface area contributed by atoms with Crippen LogP contribution < -0.4 is 11.1 Å². The highest BCUT2D eigenvalue weighted by Gasteiger charge is 2.19. The molecule has 1 rings (SSSR count). The first kappa shape index (κ1) is 16.9. The number of hydrogen-bond donors (Lipinski definition) is 2. The van der Waals surface area contributed by atoms with Crippen molar-refractivity contribution in [3.63, 3.8) is 0 Å². The molecule has 0 spiro atoms. The first-order valence-electron chi connectivity index (χ1n) is 6.85. The molecule has 0 fully saturated rings. The zero-order chi connectivity index (χ0) is 15.3. The Morgan fingerprint density at radius 1 is 1.50 bits per heavy atom. The van der Waals surface area contributed by atoms with Gasteiger partial charge in [-0.1, -0.05) is 13.8 Å². The maximum atomic E-state index is 11.7. The van der Waals surface area contributed by atoms with Crippen LogP contribution in [0.25, 0.3) is 0 Å². The average Bonchev–Trinajstić information content (AvgIpc) is 2.74. The van der Waals surface area contributed by atoms with Crippen molar-refractivity contribution in [1.29, 1.82) is 0 Å². The molecule has 1 aromatic rings. The zero-order valence-corrected chi connectivity index (χ0v) is 13.7. The zero-order valence-electron chi connectivity index (χ0n) is 12.9. The highest BCUT2D eigenvalue weighted by Crippen LogP contribution is 2.19. The number of nitrogens with two attached hydrogens (primary N) is 1. The van der Waals surface area contributed by atoms with E-state index in [-0.39, 0.29) is 6.04 Å². The minimum Gasteiger partial charge on any atom is -0.444 e. The normalized spacial score (nSPS) is 13.3. The van der Waals surface area contributed by atoms with Gasteiger partial charge in [-0.25, -0.2) is 9.78 Å². The number of nitrogens with zero attached hydrogens (tertiary/aromatic N) is 1. The summed E-state index contributed by atoms with van der Waals surface area (Å²) < 4.78 is 5.23. The summed E-state index contributed by atoms with van der Waals surface area (Å²) in [5, 5.41) is 5.92. The molecule has 6 heteroatoms. The van der Waals surface area contributed by atoms with Gasteiger partial charge >= 0.3 is 6.09 Å². The smallest absolute Gasteiger partial charge is 0.407 e. The van der Waals surface area contributed by atoms with Gasteiger partial charge in [-0.3, -0.25) is 0 Å². The SMILES string of the molecule is CC(C)c1nc(CC(CN)NC(=O)OC(C)(C)C)cs1. The van der Waals surface area contributed by atoms with Crippen molar-refractivity contribution in [3.05, 3.63) is 16.1 Å². The van der Waals surface area contributed by atoms with E-state index in [4.69, 9.17) is 10.5 Å². The Morgan fingerprint density at radius 2 is 2.15 bits per heavy atom. The van der Waals surface area contributed by atoms with Gasteiger partial charge in [0.2, 0.25) is 0 Å². The number of ether oxygens (including phenoxy) is 1. The third-order valence-corrected chi connectivity index (χ3v) is 3.72. The second-order valence-corrected chi connectivity index (χ2v) is 7.00. The van der Waals surface area contributed by atoms with Crippen LogP contribution in [-0.2, 0) is 11.2 Å². The molecule has 0 radical (unpaired) electrons. The number of hydrogen-bond acceptors (Lipinski definition) is 5. The fraction of sp³-hybridized carbons (Fsp3) is 0.714. The monoisotopic (exact) mass is 299 g/mol. The Labute approximate surface area is 124 Å². The fourth-order valence-electron chi connectivity index (χ4n) is 1.60. The number of carbonyl (C=O) groups excluding carboxylic acids is 1. The summed E-state index contributed by atoms with van der Waals surface area (Å²) in [6, 6.07) is -0.160. The summed E-state index contributed by atoms with van der Waals surface area (Å²) in [7, 11) is 0. The number of aromatic nitrogens is 1. The van der Waals surface area contributed by atoms with Crippen molar-refractivity contribution in [3.8, 4) is 0 Å². The van der Waals surface area contributed by atoms with E-state index in [1.165, 1.54) is 0 Å². The van der Waals surface area contributed by atoms with Crippen molar-refractivity contribution in [2.75, 3.05) is 6.54 Å². The molecule has 114 valence electrons. The van der Waals surface area contributed by atoms with Crippen molar-refractivity contribution in [2.24, 2.45) is 5.73 Å². The number of rotatable bonds is 5. The number of thiazole rings is 1. The van der Waals surface area contributed by atoms with Gasteiger partial charge in [-0.2, -0.15) is 0 Å². The number of alkyl carbamates (subject to hydrolysis) is 1. The molecule has 0 aromatic carbocycles. The second kappa shape index (κ2) is 7.04. The minimum absolute atomic E-state index is 0.160. The molecule has 1 aromatic heterocycles. The predicted molar refractivity (Wildman–Crippen MR) is 82.1 cm³/mol. The Balaban J connectivity index is 2.56. The van der Waals surface area contributed by atoms with Crippen LogP contribution in [0.5, 0.6) is 0 Å². The van der Waals surface area contributed by atoms with Gasteiger partial charge in [0, 0.05) is 30.3 Å². The molecule has 3 N–H and O–H groups in total. The van der Waals surface area contributed by atoms with Gasteiger partial charge in [-0.15, -0.1) is 11.3 Å². The van der Waals surface area contributed by atoms with Gasteiger partial charge in [0.05, 0.1) is 10.7 Å². The number of amides is 1. The molecule has 0 saturated carbocycles. The maximum Gasteiger partial charge on any atom is 0.407 e. The summed E-state index contributed by atoms with van der Waals surface area (Å²) in [5.41, 5.74) is 6.16. The molecule has 0 aliphatic heterocycles. The van der Waals surface area contributed by atoms with Gasteiger partial charge in [0.1, 0.15) is 5.60 Å². The summed E-state index contributed by atoms with van der Waals surface area (Å²) in [5.74, 6) is 0.420. The third-order valence-electron chi connectivity index (χ3n) is 2.52. The Morgan fingerprint density at radius 3 is 2.60 bits per heavy atom. The first-order chi connectivity index (χ1) is 9.21. The lowest BCUT2D eigenvalue weighted by atomic mass is 10.1. The molecule has 0 aliphatic carbocycles. The molecule has 1 heterocycles. The average molecular weight is 299 g/mol. The summed E-state index contributed by atoms with van der Waals surface area (Å²) in [6.07, 6.45) is 0.186. The predicted octanol–water partition coefficient (Wildman–Crippen LogP) is 2.66. The van der Waals surface area contributed by atoms with Crippen LogP contribution in [-0.4, -0.2) is 29.3 Å². The molecule has 1 atom stereocenters. The van der Waals surface area contributed by atoms with Crippen molar-refractivity contribution in [1.82, 2.24) is 10.3 Å². The molecule has 0 saturated heterocycles. The number of carbonyl (C=O) groups is 1. The molecular formula is C14H25N3O2S. The summed E-state index contributed by atoms with van der Waals surface area (Å²) in [4.78, 5) is 16.3. The quantitative estimate of drug-likeness (QED) is 0.876. The van der Waals surface area contributed by atoms with E-state index in [2.05, 4.69) is 24.1 Å². The van der Waals surface area contributed by atoms with E-state index < -0.39 is 11.7 Å². The first-order valence-corrected chi connectivity index (χ1v) is 7.73. The second-order valence-electron chi connectivity index (χ2n) is 6.11. The van der Waals surface area contributed by atoms with Gasteiger partial charge in [0.15, 0.2) is 0 Å². The fourth-order valence-corrected chi connectivity index (χ4v) is 2.45. The van der Waals surface area contributed by atoms with E-state index in [0.29, 0.717) is 18.9 Å². The van der Waals surface area contributed by atoms with E-state index in [9.17, 15) is 4.79 Å². The summed E-state index contributed by atoms with van der Waals surface area (Å²) >= 11 is 1.64. The Bertz CT molecular complexity index is 438. The van der Waals surface area contributed by atoms with Crippen molar-refractivity contribution < 1.29 is 9.53 Å². The van der Waals surface area contributed by atoms with Crippen molar-refractivity contribution in [2.45, 2.75) is 58.6 Å². The topological polar surface area (TPSA) is 77.2 Å². The van der Waals surface area contributed by atoms with Crippen LogP contribution in [0.2, 0.25) is 0 Å². The van der Waals surface area contributed by atoms with Crippen molar-refractivity contribution >= 4 is 17.4 Å². The molecule has 1 unspecified atom stereocenters. The molecular weight excluding hydrogens is 274 g/mol. The minimum atomic E-state index is -0.505. The lowest BCUT2D eigenvalue weighted by Crippen LogP contribution is -2.44. The van der Waals surface area contributed by atoms with Crippen LogP contribution in [0.3, 0.4) is 0 Å². The molecule has 0 aliphatic rings. The van der Waals surface area contributed by atoms with E-state index in [0.717, 1.165) is 10.7 Å². The summed E-state index contributed by atoms with van der Waals surface area (Å²) in [6.45, 7) is 10.1. The largest absolute Gasteiger partial charge is 0.444 e. The van der Waals surface area contributed by atoms with E-state index in [1.807, 2.05) is 26.2 Å². The van der Waals surface area contributed by atoms with Crippen LogP contribution in [0.15, 0.2) is 5.38 Å². The Kier molecular flexibility index (Phi) is 5.95. The van der Waals surface area contributed by atoms with Gasteiger partial charge in [0.25, 0.3) is 0 Å². The maximum absolute atomic E-state index is 11.7.